The minimum absolute atomic E-state index is 0.0173. The predicted octanol–water partition coefficient (Wildman–Crippen LogP) is 6.28. The molecule has 0 aliphatic heterocycles. The van der Waals surface area contributed by atoms with E-state index in [1.54, 1.807) is 11.6 Å². The van der Waals surface area contributed by atoms with Crippen molar-refractivity contribution in [3.63, 3.8) is 0 Å². The molecule has 1 atom stereocenters. The van der Waals surface area contributed by atoms with Gasteiger partial charge < -0.3 is 0 Å². The number of rotatable bonds is 5. The molecule has 0 amide bonds. The highest BCUT2D eigenvalue weighted by Crippen LogP contribution is 2.33. The van der Waals surface area contributed by atoms with Gasteiger partial charge in [0.15, 0.2) is 0 Å². The average molecular weight is 274 g/mol. The lowest BCUT2D eigenvalue weighted by atomic mass is 9.83. The molecule has 0 aromatic carbocycles. The van der Waals surface area contributed by atoms with Gasteiger partial charge in [0.25, 0.3) is 0 Å². The van der Waals surface area contributed by atoms with Gasteiger partial charge in [-0.1, -0.05) is 51.0 Å². The molecule has 0 aromatic heterocycles. The lowest BCUT2D eigenvalue weighted by Crippen LogP contribution is -2.06. The molecule has 1 heteroatoms. The minimum Gasteiger partial charge on any atom is -0.212 e. The number of hydrogen-bond acceptors (Lipinski definition) is 0. The highest BCUT2D eigenvalue weighted by molar-refractivity contribution is 5.42. The molecule has 110 valence electrons. The Morgan fingerprint density at radius 2 is 1.50 bits per heavy atom. The largest absolute Gasteiger partial charge is 0.212 e. The summed E-state index contributed by atoms with van der Waals surface area (Å²) in [5.41, 5.74) is 4.33. The molecule has 0 heterocycles. The van der Waals surface area contributed by atoms with E-state index in [4.69, 9.17) is 0 Å². The molecule has 20 heavy (non-hydrogen) atoms. The van der Waals surface area contributed by atoms with E-state index >= 15 is 0 Å². The van der Waals surface area contributed by atoms with Crippen molar-refractivity contribution in [3.05, 3.63) is 46.9 Å². The molecule has 0 aromatic rings. The van der Waals surface area contributed by atoms with Crippen molar-refractivity contribution in [2.75, 3.05) is 0 Å². The summed E-state index contributed by atoms with van der Waals surface area (Å²) in [6.45, 7) is 6.94. The summed E-state index contributed by atoms with van der Waals surface area (Å²) < 4.78 is 13.0. The molecule has 0 N–H and O–H groups in total. The van der Waals surface area contributed by atoms with Crippen molar-refractivity contribution >= 4 is 0 Å². The van der Waals surface area contributed by atoms with Gasteiger partial charge in [-0.15, -0.1) is 0 Å². The van der Waals surface area contributed by atoms with Gasteiger partial charge in [0.1, 0.15) is 5.83 Å². The maximum absolute atomic E-state index is 13.0. The zero-order valence-corrected chi connectivity index (χ0v) is 13.1. The minimum atomic E-state index is 0.0173. The molecular weight excluding hydrogens is 247 g/mol. The van der Waals surface area contributed by atoms with E-state index in [2.05, 4.69) is 32.9 Å². The Balaban J connectivity index is 1.97. The van der Waals surface area contributed by atoms with Crippen LogP contribution in [0.3, 0.4) is 0 Å². The Hall–Kier alpha value is -1.11. The lowest BCUT2D eigenvalue weighted by molar-refractivity contribution is 0.480. The Bertz CT molecular complexity index is 460. The third-order valence-electron chi connectivity index (χ3n) is 4.50. The van der Waals surface area contributed by atoms with Crippen molar-refractivity contribution in [1.82, 2.24) is 0 Å². The molecule has 0 fully saturated rings. The van der Waals surface area contributed by atoms with Crippen molar-refractivity contribution in [1.29, 1.82) is 0 Å². The van der Waals surface area contributed by atoms with Crippen LogP contribution < -0.4 is 0 Å². The van der Waals surface area contributed by atoms with E-state index in [0.717, 1.165) is 18.8 Å². The predicted molar refractivity (Wildman–Crippen MR) is 85.1 cm³/mol. The van der Waals surface area contributed by atoms with Crippen molar-refractivity contribution in [2.45, 2.75) is 59.3 Å². The Kier molecular flexibility index (Phi) is 5.39. The van der Waals surface area contributed by atoms with E-state index in [1.807, 2.05) is 6.08 Å². The van der Waals surface area contributed by atoms with Gasteiger partial charge in [0, 0.05) is 6.42 Å². The zero-order valence-electron chi connectivity index (χ0n) is 13.1. The highest BCUT2D eigenvalue weighted by atomic mass is 19.1. The fourth-order valence-electron chi connectivity index (χ4n) is 2.98. The summed E-state index contributed by atoms with van der Waals surface area (Å²) in [7, 11) is 0. The first-order valence-corrected chi connectivity index (χ1v) is 8.01. The van der Waals surface area contributed by atoms with Gasteiger partial charge in [-0.05, 0) is 54.7 Å². The quantitative estimate of drug-likeness (QED) is 0.553. The van der Waals surface area contributed by atoms with E-state index < -0.39 is 0 Å². The third kappa shape index (κ3) is 4.19. The van der Waals surface area contributed by atoms with Gasteiger partial charge in [0.2, 0.25) is 0 Å². The first kappa shape index (κ1) is 15.3. The van der Waals surface area contributed by atoms with Crippen LogP contribution in [0.15, 0.2) is 46.9 Å². The second-order valence-corrected chi connectivity index (χ2v) is 6.61. The van der Waals surface area contributed by atoms with Gasteiger partial charge in [-0.25, -0.2) is 4.39 Å². The van der Waals surface area contributed by atoms with Gasteiger partial charge in [0.05, 0.1) is 0 Å². The molecule has 0 saturated carbocycles. The molecule has 0 bridgehead atoms. The van der Waals surface area contributed by atoms with Crippen LogP contribution in [0.4, 0.5) is 4.39 Å². The standard InChI is InChI=1S/C19H27F/c1-14(2)4-5-15(3)16-6-8-17(9-7-16)18-10-12-19(20)13-11-18/h6,8,10,12,14-15H,4-5,7,9,11,13H2,1-3H3. The van der Waals surface area contributed by atoms with Crippen LogP contribution in [-0.4, -0.2) is 0 Å². The van der Waals surface area contributed by atoms with Gasteiger partial charge in [-0.2, -0.15) is 0 Å². The van der Waals surface area contributed by atoms with Crippen LogP contribution in [0, 0.1) is 11.8 Å². The normalized spacial score (nSPS) is 21.1. The fourth-order valence-corrected chi connectivity index (χ4v) is 2.98. The average Bonchev–Trinajstić information content (AvgIpc) is 2.46. The molecule has 2 aliphatic carbocycles. The summed E-state index contributed by atoms with van der Waals surface area (Å²) in [6, 6.07) is 0. The monoisotopic (exact) mass is 274 g/mol. The molecule has 0 nitrogen and oxygen atoms in total. The number of halogens is 1. The summed E-state index contributed by atoms with van der Waals surface area (Å²) in [6.07, 6.45) is 14.5. The van der Waals surface area contributed by atoms with E-state index in [9.17, 15) is 4.39 Å². The van der Waals surface area contributed by atoms with Crippen LogP contribution >= 0.6 is 0 Å². The molecule has 1 unspecified atom stereocenters. The summed E-state index contributed by atoms with van der Waals surface area (Å²) in [5, 5.41) is 0. The first-order valence-electron chi connectivity index (χ1n) is 8.01. The maximum Gasteiger partial charge on any atom is 0.100 e. The van der Waals surface area contributed by atoms with E-state index in [-0.39, 0.29) is 5.83 Å². The van der Waals surface area contributed by atoms with E-state index in [0.29, 0.717) is 12.3 Å². The zero-order chi connectivity index (χ0) is 14.5. The second kappa shape index (κ2) is 7.06. The molecule has 0 spiro atoms. The van der Waals surface area contributed by atoms with Crippen LogP contribution in [0.25, 0.3) is 0 Å². The number of allylic oxidation sites excluding steroid dienone is 8. The topological polar surface area (TPSA) is 0 Å². The Labute approximate surface area is 123 Å². The second-order valence-electron chi connectivity index (χ2n) is 6.61. The fraction of sp³-hybridized carbons (Fsp3) is 0.579. The van der Waals surface area contributed by atoms with Crippen molar-refractivity contribution < 1.29 is 4.39 Å². The van der Waals surface area contributed by atoms with Gasteiger partial charge in [-0.3, -0.25) is 0 Å². The van der Waals surface area contributed by atoms with Crippen molar-refractivity contribution in [2.24, 2.45) is 11.8 Å². The SMILES string of the molecule is CC(C)CCC(C)C1=CC=C(C2=CC=C(F)CC2)CC1. The highest BCUT2D eigenvalue weighted by Gasteiger charge is 2.16. The van der Waals surface area contributed by atoms with Crippen LogP contribution in [0.1, 0.15) is 59.3 Å². The summed E-state index contributed by atoms with van der Waals surface area (Å²) in [4.78, 5) is 0. The summed E-state index contributed by atoms with van der Waals surface area (Å²) in [5.74, 6) is 1.51. The Morgan fingerprint density at radius 3 is 2.00 bits per heavy atom. The van der Waals surface area contributed by atoms with Crippen molar-refractivity contribution in [3.8, 4) is 0 Å². The van der Waals surface area contributed by atoms with Crippen LogP contribution in [0.2, 0.25) is 0 Å². The molecule has 2 aliphatic rings. The lowest BCUT2D eigenvalue weighted by Gasteiger charge is -2.22. The number of hydrogen-bond donors (Lipinski definition) is 0. The van der Waals surface area contributed by atoms with Crippen LogP contribution in [-0.2, 0) is 0 Å². The molecule has 0 saturated heterocycles. The molecular formula is C19H27F. The van der Waals surface area contributed by atoms with E-state index in [1.165, 1.54) is 30.4 Å². The Morgan fingerprint density at radius 1 is 0.850 bits per heavy atom. The first-order chi connectivity index (χ1) is 9.56. The molecule has 2 rings (SSSR count). The summed E-state index contributed by atoms with van der Waals surface area (Å²) >= 11 is 0. The third-order valence-corrected chi connectivity index (χ3v) is 4.50. The van der Waals surface area contributed by atoms with Gasteiger partial charge >= 0.3 is 0 Å². The smallest absolute Gasteiger partial charge is 0.100 e. The maximum atomic E-state index is 13.0. The molecule has 0 radical (unpaired) electrons. The van der Waals surface area contributed by atoms with Crippen LogP contribution in [0.5, 0.6) is 0 Å².